The van der Waals surface area contributed by atoms with Crippen molar-refractivity contribution in [2.75, 3.05) is 6.54 Å². The van der Waals surface area contributed by atoms with Crippen LogP contribution in [0.1, 0.15) is 47.5 Å². The molecule has 0 fully saturated rings. The lowest BCUT2D eigenvalue weighted by atomic mass is 10.2. The van der Waals surface area contributed by atoms with Gasteiger partial charge < -0.3 is 5.73 Å². The maximum atomic E-state index is 5.57. The summed E-state index contributed by atoms with van der Waals surface area (Å²) in [5.74, 6) is 0.578. The Morgan fingerprint density at radius 3 is 2.44 bits per heavy atom. The van der Waals surface area contributed by atoms with Gasteiger partial charge in [-0.15, -0.1) is 0 Å². The van der Waals surface area contributed by atoms with E-state index in [-0.39, 0.29) is 6.17 Å². The highest BCUT2D eigenvalue weighted by Gasteiger charge is 2.09. The predicted molar refractivity (Wildman–Crippen MR) is 80.8 cm³/mol. The Labute approximate surface area is 112 Å². The van der Waals surface area contributed by atoms with Gasteiger partial charge in [0.1, 0.15) is 6.17 Å². The van der Waals surface area contributed by atoms with E-state index in [2.05, 4.69) is 30.9 Å². The van der Waals surface area contributed by atoms with E-state index in [1.165, 1.54) is 0 Å². The molecule has 2 N–H and O–H groups in total. The molecule has 0 aliphatic rings. The van der Waals surface area contributed by atoms with E-state index in [1.54, 1.807) is 0 Å². The van der Waals surface area contributed by atoms with Gasteiger partial charge >= 0.3 is 0 Å². The molecule has 0 amide bonds. The number of allylic oxidation sites excluding steroid dienone is 2. The largest absolute Gasteiger partial charge is 0.403 e. The first-order valence-electron chi connectivity index (χ1n) is 6.66. The van der Waals surface area contributed by atoms with Gasteiger partial charge in [-0.3, -0.25) is 10.0 Å². The van der Waals surface area contributed by atoms with Gasteiger partial charge in [0.2, 0.25) is 0 Å². The van der Waals surface area contributed by atoms with Crippen molar-refractivity contribution in [3.8, 4) is 0 Å². The maximum absolute atomic E-state index is 5.57. The molecule has 0 rings (SSSR count). The fourth-order valence-corrected chi connectivity index (χ4v) is 1.51. The van der Waals surface area contributed by atoms with Gasteiger partial charge in [0.15, 0.2) is 0 Å². The summed E-state index contributed by atoms with van der Waals surface area (Å²) in [6.07, 6.45) is 7.75. The maximum Gasteiger partial charge on any atom is 0.133 e. The van der Waals surface area contributed by atoms with Crippen LogP contribution in [0.2, 0.25) is 0 Å². The molecular formula is C14H28N4. The number of rotatable bonds is 8. The molecule has 0 aliphatic carbocycles. The highest BCUT2D eigenvalue weighted by atomic mass is 15.5. The molecule has 0 spiro atoms. The summed E-state index contributed by atoms with van der Waals surface area (Å²) in [5.41, 5.74) is 6.44. The topological polar surface area (TPSA) is 54.0 Å². The third kappa shape index (κ3) is 8.79. The molecule has 1 atom stereocenters. The van der Waals surface area contributed by atoms with E-state index >= 15 is 0 Å². The van der Waals surface area contributed by atoms with Crippen LogP contribution in [0, 0.1) is 5.92 Å². The Kier molecular flexibility index (Phi) is 8.97. The van der Waals surface area contributed by atoms with Crippen molar-refractivity contribution in [3.63, 3.8) is 0 Å². The molecular weight excluding hydrogens is 224 g/mol. The van der Waals surface area contributed by atoms with Crippen molar-refractivity contribution in [1.29, 1.82) is 0 Å². The molecule has 0 radical (unpaired) electrons. The molecule has 0 aliphatic heterocycles. The van der Waals surface area contributed by atoms with Crippen LogP contribution in [0.5, 0.6) is 0 Å². The molecule has 104 valence electrons. The molecule has 0 saturated heterocycles. The fourth-order valence-electron chi connectivity index (χ4n) is 1.51. The standard InChI is InChI=1S/C14H28N4/c1-6-17-18(11-12(2)3)14(5)16-10-8-7-9-13(4)15/h6,9-10,12,14H,7-8,11,15H2,1-5H3/b13-9+,16-10?,17-6-. The number of nitrogens with two attached hydrogens (primary N) is 1. The zero-order valence-corrected chi connectivity index (χ0v) is 12.4. The van der Waals surface area contributed by atoms with Crippen LogP contribution >= 0.6 is 0 Å². The summed E-state index contributed by atoms with van der Waals surface area (Å²) >= 11 is 0. The average Bonchev–Trinajstić information content (AvgIpc) is 2.26. The van der Waals surface area contributed by atoms with Gasteiger partial charge in [-0.05, 0) is 39.5 Å². The highest BCUT2D eigenvalue weighted by molar-refractivity contribution is 5.57. The summed E-state index contributed by atoms with van der Waals surface area (Å²) in [6.45, 7) is 11.2. The molecule has 0 aromatic heterocycles. The first-order chi connectivity index (χ1) is 8.47. The molecule has 1 unspecified atom stereocenters. The number of hydrazone groups is 1. The molecule has 4 heteroatoms. The Bertz CT molecular complexity index is 288. The number of nitrogens with zero attached hydrogens (tertiary/aromatic N) is 3. The third-order valence-electron chi connectivity index (χ3n) is 2.33. The van der Waals surface area contributed by atoms with Crippen molar-refractivity contribution in [2.24, 2.45) is 21.7 Å². The van der Waals surface area contributed by atoms with Crippen LogP contribution in [0.3, 0.4) is 0 Å². The Balaban J connectivity index is 4.19. The monoisotopic (exact) mass is 252 g/mol. The van der Waals surface area contributed by atoms with Crippen LogP contribution in [-0.2, 0) is 0 Å². The lowest BCUT2D eigenvalue weighted by Crippen LogP contribution is -2.30. The Morgan fingerprint density at radius 2 is 1.94 bits per heavy atom. The molecule has 4 nitrogen and oxygen atoms in total. The van der Waals surface area contributed by atoms with Crippen molar-refractivity contribution >= 4 is 12.4 Å². The minimum atomic E-state index is 0.0894. The van der Waals surface area contributed by atoms with Crippen LogP contribution < -0.4 is 5.73 Å². The quantitative estimate of drug-likeness (QED) is 0.410. The average molecular weight is 252 g/mol. The van der Waals surface area contributed by atoms with Gasteiger partial charge in [0.25, 0.3) is 0 Å². The van der Waals surface area contributed by atoms with E-state index < -0.39 is 0 Å². The number of hydrogen-bond acceptors (Lipinski definition) is 4. The molecule has 0 aromatic carbocycles. The van der Waals surface area contributed by atoms with Crippen LogP contribution in [0.4, 0.5) is 0 Å². The fraction of sp³-hybridized carbons (Fsp3) is 0.714. The molecule has 18 heavy (non-hydrogen) atoms. The Hall–Kier alpha value is -1.32. The second kappa shape index (κ2) is 9.68. The SMILES string of the molecule is C/C=N\N(CC(C)C)C(C)N=CCC/C=C(\C)N. The van der Waals surface area contributed by atoms with E-state index in [0.29, 0.717) is 5.92 Å². The minimum absolute atomic E-state index is 0.0894. The lowest BCUT2D eigenvalue weighted by Gasteiger charge is -2.24. The second-order valence-electron chi connectivity index (χ2n) is 4.88. The van der Waals surface area contributed by atoms with Crippen molar-refractivity contribution in [2.45, 2.75) is 53.6 Å². The molecule has 0 bridgehead atoms. The van der Waals surface area contributed by atoms with E-state index in [4.69, 9.17) is 5.73 Å². The zero-order chi connectivity index (χ0) is 14.0. The van der Waals surface area contributed by atoms with Crippen molar-refractivity contribution in [3.05, 3.63) is 11.8 Å². The van der Waals surface area contributed by atoms with Crippen molar-refractivity contribution in [1.82, 2.24) is 5.01 Å². The Morgan fingerprint density at radius 1 is 1.28 bits per heavy atom. The summed E-state index contributed by atoms with van der Waals surface area (Å²) in [4.78, 5) is 4.51. The first-order valence-corrected chi connectivity index (χ1v) is 6.66. The number of aliphatic imine (C=N–C) groups is 1. The minimum Gasteiger partial charge on any atom is -0.403 e. The summed E-state index contributed by atoms with van der Waals surface area (Å²) in [6, 6.07) is 0. The number of hydrogen-bond donors (Lipinski definition) is 1. The first kappa shape index (κ1) is 16.7. The van der Waals surface area contributed by atoms with Crippen LogP contribution in [0.15, 0.2) is 21.9 Å². The van der Waals surface area contributed by atoms with Gasteiger partial charge in [-0.25, -0.2) is 0 Å². The van der Waals surface area contributed by atoms with Gasteiger partial charge in [-0.1, -0.05) is 19.9 Å². The summed E-state index contributed by atoms with van der Waals surface area (Å²) in [7, 11) is 0. The lowest BCUT2D eigenvalue weighted by molar-refractivity contribution is 0.201. The summed E-state index contributed by atoms with van der Waals surface area (Å²) in [5, 5.41) is 6.37. The highest BCUT2D eigenvalue weighted by Crippen LogP contribution is 2.06. The zero-order valence-electron chi connectivity index (χ0n) is 12.4. The smallest absolute Gasteiger partial charge is 0.133 e. The van der Waals surface area contributed by atoms with Gasteiger partial charge in [0.05, 0.1) is 0 Å². The molecule has 0 aromatic rings. The molecule has 0 saturated carbocycles. The van der Waals surface area contributed by atoms with Crippen LogP contribution in [0.25, 0.3) is 0 Å². The van der Waals surface area contributed by atoms with Gasteiger partial charge in [-0.2, -0.15) is 5.10 Å². The normalized spacial score (nSPS) is 14.9. The van der Waals surface area contributed by atoms with Crippen molar-refractivity contribution < 1.29 is 0 Å². The second-order valence-corrected chi connectivity index (χ2v) is 4.88. The van der Waals surface area contributed by atoms with E-state index in [0.717, 1.165) is 25.1 Å². The molecule has 0 heterocycles. The summed E-state index contributed by atoms with van der Waals surface area (Å²) < 4.78 is 0. The third-order valence-corrected chi connectivity index (χ3v) is 2.33. The van der Waals surface area contributed by atoms with Gasteiger partial charge in [0, 0.05) is 24.7 Å². The number of unbranched alkanes of at least 4 members (excludes halogenated alkanes) is 1. The van der Waals surface area contributed by atoms with E-state index in [9.17, 15) is 0 Å². The predicted octanol–water partition coefficient (Wildman–Crippen LogP) is 3.01. The van der Waals surface area contributed by atoms with Crippen LogP contribution in [-0.4, -0.2) is 30.1 Å². The van der Waals surface area contributed by atoms with E-state index in [1.807, 2.05) is 37.4 Å².